The maximum absolute atomic E-state index is 12.6. The highest BCUT2D eigenvalue weighted by molar-refractivity contribution is 6.09. The molecular formula is C19H24N6O4. The lowest BCUT2D eigenvalue weighted by atomic mass is 10.1. The van der Waals surface area contributed by atoms with E-state index < -0.39 is 0 Å². The van der Waals surface area contributed by atoms with Crippen LogP contribution >= 0.6 is 0 Å². The van der Waals surface area contributed by atoms with Crippen LogP contribution in [0.2, 0.25) is 0 Å². The quantitative estimate of drug-likeness (QED) is 0.764. The average Bonchev–Trinajstić information content (AvgIpc) is 3.39. The number of amidine groups is 1. The number of nitrogens with one attached hydrogen (secondary N) is 1. The molecule has 0 saturated carbocycles. The van der Waals surface area contributed by atoms with Crippen LogP contribution in [0.5, 0.6) is 5.75 Å². The molecule has 10 nitrogen and oxygen atoms in total. The molecule has 2 aliphatic heterocycles. The molecule has 0 spiro atoms. The average molecular weight is 400 g/mol. The number of fused-ring (bicyclic) bond motifs is 1. The number of hydrogen-bond acceptors (Lipinski definition) is 8. The van der Waals surface area contributed by atoms with E-state index in [9.17, 15) is 4.79 Å². The molecule has 0 aliphatic carbocycles. The number of nitrogens with zero attached hydrogens (tertiary/aromatic N) is 5. The van der Waals surface area contributed by atoms with Crippen molar-refractivity contribution < 1.29 is 19.0 Å². The second-order valence-corrected chi connectivity index (χ2v) is 6.76. The minimum atomic E-state index is -0.341. The Morgan fingerprint density at radius 1 is 1.28 bits per heavy atom. The molecule has 1 aromatic carbocycles. The minimum Gasteiger partial charge on any atom is -0.496 e. The van der Waals surface area contributed by atoms with Gasteiger partial charge in [0.15, 0.2) is 5.69 Å². The molecule has 2 aliphatic rings. The highest BCUT2D eigenvalue weighted by atomic mass is 16.5. The molecular weight excluding hydrogens is 376 g/mol. The zero-order valence-corrected chi connectivity index (χ0v) is 16.6. The molecule has 1 aromatic heterocycles. The molecule has 0 bridgehead atoms. The van der Waals surface area contributed by atoms with E-state index in [4.69, 9.17) is 19.2 Å². The first-order valence-electron chi connectivity index (χ1n) is 9.50. The summed E-state index contributed by atoms with van der Waals surface area (Å²) in [5.74, 6) is 0.984. The van der Waals surface area contributed by atoms with Gasteiger partial charge in [-0.2, -0.15) is 0 Å². The SMILES string of the molecule is COCCn1cc(C(=O)NC2=Nc3c(N4CCOCC4)ccc(OC)c3C2)nn1. The number of carbonyl (C=O) groups is 1. The van der Waals surface area contributed by atoms with Crippen molar-refractivity contribution in [3.8, 4) is 5.75 Å². The van der Waals surface area contributed by atoms with Crippen molar-refractivity contribution in [2.24, 2.45) is 4.99 Å². The van der Waals surface area contributed by atoms with E-state index >= 15 is 0 Å². The van der Waals surface area contributed by atoms with Gasteiger partial charge >= 0.3 is 0 Å². The number of carbonyl (C=O) groups excluding carboxylic acids is 1. The predicted octanol–water partition coefficient (Wildman–Crippen LogP) is 0.786. The Balaban J connectivity index is 1.52. The molecule has 1 saturated heterocycles. The van der Waals surface area contributed by atoms with Crippen molar-refractivity contribution in [3.05, 3.63) is 29.6 Å². The number of aliphatic imine (C=N–C) groups is 1. The molecule has 0 unspecified atom stereocenters. The lowest BCUT2D eigenvalue weighted by molar-refractivity contribution is 0.0971. The van der Waals surface area contributed by atoms with Crippen LogP contribution in [0.25, 0.3) is 0 Å². The maximum atomic E-state index is 12.6. The normalized spacial score (nSPS) is 15.8. The molecule has 4 rings (SSSR count). The van der Waals surface area contributed by atoms with Crippen LogP contribution in [0, 0.1) is 0 Å². The number of hydrogen-bond donors (Lipinski definition) is 1. The molecule has 0 atom stereocenters. The molecule has 2 aromatic rings. The Kier molecular flexibility index (Phi) is 5.72. The van der Waals surface area contributed by atoms with Crippen molar-refractivity contribution >= 4 is 23.1 Å². The maximum Gasteiger partial charge on any atom is 0.278 e. The second kappa shape index (κ2) is 8.58. The van der Waals surface area contributed by atoms with E-state index in [0.29, 0.717) is 38.6 Å². The lowest BCUT2D eigenvalue weighted by Gasteiger charge is -2.30. The Morgan fingerprint density at radius 2 is 2.10 bits per heavy atom. The molecule has 10 heteroatoms. The third-order valence-corrected chi connectivity index (χ3v) is 4.93. The van der Waals surface area contributed by atoms with Crippen molar-refractivity contribution in [1.82, 2.24) is 20.3 Å². The summed E-state index contributed by atoms with van der Waals surface area (Å²) in [5.41, 5.74) is 3.07. The monoisotopic (exact) mass is 400 g/mol. The Labute approximate surface area is 168 Å². The Morgan fingerprint density at radius 3 is 2.86 bits per heavy atom. The number of morpholine rings is 1. The summed E-state index contributed by atoms with van der Waals surface area (Å²) in [5, 5.41) is 10.7. The van der Waals surface area contributed by atoms with Crippen molar-refractivity contribution in [3.63, 3.8) is 0 Å². The van der Waals surface area contributed by atoms with Gasteiger partial charge in [-0.3, -0.25) is 4.79 Å². The third kappa shape index (κ3) is 4.08. The minimum absolute atomic E-state index is 0.236. The summed E-state index contributed by atoms with van der Waals surface area (Å²) in [6.45, 7) is 4.01. The highest BCUT2D eigenvalue weighted by Gasteiger charge is 2.27. The van der Waals surface area contributed by atoms with E-state index in [1.807, 2.05) is 12.1 Å². The number of amides is 1. The Bertz CT molecular complexity index is 919. The fourth-order valence-electron chi connectivity index (χ4n) is 3.46. The third-order valence-electron chi connectivity index (χ3n) is 4.93. The van der Waals surface area contributed by atoms with Crippen LogP contribution in [0.15, 0.2) is 23.3 Å². The van der Waals surface area contributed by atoms with E-state index in [0.717, 1.165) is 35.8 Å². The molecule has 29 heavy (non-hydrogen) atoms. The predicted molar refractivity (Wildman–Crippen MR) is 106 cm³/mol. The fourth-order valence-corrected chi connectivity index (χ4v) is 3.46. The van der Waals surface area contributed by atoms with Crippen LogP contribution in [-0.4, -0.2) is 73.9 Å². The van der Waals surface area contributed by atoms with E-state index in [1.165, 1.54) is 0 Å². The van der Waals surface area contributed by atoms with Crippen LogP contribution < -0.4 is 15.0 Å². The molecule has 1 amide bonds. The van der Waals surface area contributed by atoms with Crippen LogP contribution in [-0.2, 0) is 22.4 Å². The van der Waals surface area contributed by atoms with Crippen molar-refractivity contribution in [1.29, 1.82) is 0 Å². The smallest absolute Gasteiger partial charge is 0.278 e. The van der Waals surface area contributed by atoms with Gasteiger partial charge in [0.05, 0.1) is 51.0 Å². The number of benzene rings is 1. The van der Waals surface area contributed by atoms with Crippen LogP contribution in [0.4, 0.5) is 11.4 Å². The summed E-state index contributed by atoms with van der Waals surface area (Å²) in [7, 11) is 3.25. The molecule has 1 N–H and O–H groups in total. The van der Waals surface area contributed by atoms with Gasteiger partial charge in [-0.25, -0.2) is 9.67 Å². The molecule has 3 heterocycles. The number of rotatable bonds is 6. The second-order valence-electron chi connectivity index (χ2n) is 6.76. The van der Waals surface area contributed by atoms with Crippen molar-refractivity contribution in [2.45, 2.75) is 13.0 Å². The molecule has 1 fully saturated rings. The standard InChI is InChI=1S/C19H24N6O4/c1-27-8-7-25-12-14(22-23-25)19(26)21-17-11-13-16(28-2)4-3-15(18(13)20-17)24-5-9-29-10-6-24/h3-4,12H,5-11H2,1-2H3,(H,20,21,26). The van der Waals surface area contributed by atoms with Gasteiger partial charge in [-0.15, -0.1) is 5.10 Å². The van der Waals surface area contributed by atoms with Gasteiger partial charge in [0, 0.05) is 32.2 Å². The van der Waals surface area contributed by atoms with Gasteiger partial charge < -0.3 is 24.4 Å². The summed E-state index contributed by atoms with van der Waals surface area (Å²) >= 11 is 0. The summed E-state index contributed by atoms with van der Waals surface area (Å²) in [6, 6.07) is 3.96. The van der Waals surface area contributed by atoms with E-state index in [1.54, 1.807) is 25.1 Å². The van der Waals surface area contributed by atoms with Gasteiger partial charge in [0.1, 0.15) is 11.6 Å². The van der Waals surface area contributed by atoms with E-state index in [-0.39, 0.29) is 11.6 Å². The summed E-state index contributed by atoms with van der Waals surface area (Å²) in [4.78, 5) is 19.5. The topological polar surface area (TPSA) is 103 Å². The largest absolute Gasteiger partial charge is 0.496 e. The van der Waals surface area contributed by atoms with Crippen LogP contribution in [0.1, 0.15) is 16.1 Å². The number of aromatic nitrogens is 3. The molecule has 0 radical (unpaired) electrons. The molecule has 154 valence electrons. The number of ether oxygens (including phenoxy) is 3. The van der Waals surface area contributed by atoms with Crippen LogP contribution in [0.3, 0.4) is 0 Å². The van der Waals surface area contributed by atoms with E-state index in [2.05, 4.69) is 20.5 Å². The van der Waals surface area contributed by atoms with Gasteiger partial charge in [-0.05, 0) is 12.1 Å². The number of anilines is 1. The lowest BCUT2D eigenvalue weighted by Crippen LogP contribution is -2.36. The summed E-state index contributed by atoms with van der Waals surface area (Å²) in [6.07, 6.45) is 2.08. The fraction of sp³-hybridized carbons (Fsp3) is 0.474. The van der Waals surface area contributed by atoms with Crippen molar-refractivity contribution in [2.75, 3.05) is 52.0 Å². The first-order chi connectivity index (χ1) is 14.2. The van der Waals surface area contributed by atoms with Gasteiger partial charge in [-0.1, -0.05) is 5.21 Å². The highest BCUT2D eigenvalue weighted by Crippen LogP contribution is 2.42. The van der Waals surface area contributed by atoms with Gasteiger partial charge in [0.2, 0.25) is 0 Å². The summed E-state index contributed by atoms with van der Waals surface area (Å²) < 4.78 is 17.5. The zero-order valence-electron chi connectivity index (χ0n) is 16.6. The first kappa shape index (κ1) is 19.3. The number of methoxy groups -OCH3 is 2. The Hall–Kier alpha value is -2.98. The first-order valence-corrected chi connectivity index (χ1v) is 9.50. The zero-order chi connectivity index (χ0) is 20.2. The van der Waals surface area contributed by atoms with Gasteiger partial charge in [0.25, 0.3) is 5.91 Å².